The minimum Gasteiger partial charge on any atom is -0.497 e. The maximum atomic E-state index is 12.3. The molecule has 1 aromatic rings. The number of carbonyl (C=O) groups is 1. The van der Waals surface area contributed by atoms with Gasteiger partial charge in [-0.1, -0.05) is 19.1 Å². The second-order valence-electron chi connectivity index (χ2n) is 6.03. The third-order valence-corrected chi connectivity index (χ3v) is 4.06. The number of rotatable bonds is 6. The van der Waals surface area contributed by atoms with Crippen LogP contribution in [0.25, 0.3) is 0 Å². The highest BCUT2D eigenvalue weighted by Gasteiger charge is 2.25. The zero-order valence-corrected chi connectivity index (χ0v) is 14.5. The van der Waals surface area contributed by atoms with Gasteiger partial charge in [-0.25, -0.2) is 0 Å². The first-order valence-corrected chi connectivity index (χ1v) is 7.71. The van der Waals surface area contributed by atoms with E-state index in [4.69, 9.17) is 4.74 Å². The Morgan fingerprint density at radius 2 is 2.09 bits per heavy atom. The van der Waals surface area contributed by atoms with Gasteiger partial charge in [0.15, 0.2) is 0 Å². The fraction of sp³-hybridized carbons (Fsp3) is 0.588. The molecule has 1 aliphatic heterocycles. The lowest BCUT2D eigenvalue weighted by Crippen LogP contribution is -2.43. The lowest BCUT2D eigenvalue weighted by atomic mass is 10.0. The molecule has 5 heteroatoms. The molecule has 1 heterocycles. The molecule has 1 aromatic carbocycles. The van der Waals surface area contributed by atoms with Crippen molar-refractivity contribution in [3.8, 4) is 5.75 Å². The molecule has 1 aliphatic rings. The minimum atomic E-state index is 0. The molecule has 2 unspecified atom stereocenters. The first-order chi connectivity index (χ1) is 10.1. The van der Waals surface area contributed by atoms with Crippen LogP contribution in [-0.4, -0.2) is 44.1 Å². The highest BCUT2D eigenvalue weighted by atomic mass is 35.5. The highest BCUT2D eigenvalue weighted by Crippen LogP contribution is 2.16. The molecule has 0 saturated carbocycles. The first-order valence-electron chi connectivity index (χ1n) is 7.71. The van der Waals surface area contributed by atoms with E-state index in [-0.39, 0.29) is 24.4 Å². The van der Waals surface area contributed by atoms with Gasteiger partial charge in [-0.2, -0.15) is 0 Å². The van der Waals surface area contributed by atoms with Crippen molar-refractivity contribution < 1.29 is 9.53 Å². The van der Waals surface area contributed by atoms with Gasteiger partial charge < -0.3 is 15.0 Å². The summed E-state index contributed by atoms with van der Waals surface area (Å²) in [6, 6.07) is 8.19. The second kappa shape index (κ2) is 9.01. The van der Waals surface area contributed by atoms with Crippen molar-refractivity contribution in [2.75, 3.05) is 27.2 Å². The van der Waals surface area contributed by atoms with Gasteiger partial charge in [-0.3, -0.25) is 4.79 Å². The Bertz CT molecular complexity index is 458. The van der Waals surface area contributed by atoms with Crippen molar-refractivity contribution in [3.05, 3.63) is 29.8 Å². The van der Waals surface area contributed by atoms with E-state index in [0.717, 1.165) is 38.1 Å². The Morgan fingerprint density at radius 3 is 2.64 bits per heavy atom. The van der Waals surface area contributed by atoms with E-state index >= 15 is 0 Å². The van der Waals surface area contributed by atoms with Crippen LogP contribution >= 0.6 is 12.4 Å². The topological polar surface area (TPSA) is 41.6 Å². The molecule has 0 bridgehead atoms. The van der Waals surface area contributed by atoms with E-state index < -0.39 is 0 Å². The zero-order chi connectivity index (χ0) is 15.2. The Morgan fingerprint density at radius 1 is 1.41 bits per heavy atom. The Kier molecular flexibility index (Phi) is 7.69. The van der Waals surface area contributed by atoms with Gasteiger partial charge in [0.1, 0.15) is 5.75 Å². The van der Waals surface area contributed by atoms with Crippen molar-refractivity contribution in [3.63, 3.8) is 0 Å². The van der Waals surface area contributed by atoms with Gasteiger partial charge in [0.25, 0.3) is 0 Å². The van der Waals surface area contributed by atoms with E-state index in [0.29, 0.717) is 5.92 Å². The molecule has 0 aromatic heterocycles. The van der Waals surface area contributed by atoms with Crippen LogP contribution in [0.5, 0.6) is 5.75 Å². The Balaban J connectivity index is 0.00000242. The van der Waals surface area contributed by atoms with Crippen LogP contribution in [0, 0.1) is 5.92 Å². The smallest absolute Gasteiger partial charge is 0.239 e. The number of nitrogens with one attached hydrogen (secondary N) is 1. The maximum Gasteiger partial charge on any atom is 0.239 e. The van der Waals surface area contributed by atoms with Gasteiger partial charge >= 0.3 is 0 Å². The van der Waals surface area contributed by atoms with Crippen molar-refractivity contribution in [1.29, 1.82) is 0 Å². The normalized spacial score (nSPS) is 18.4. The number of methoxy groups -OCH3 is 1. The molecule has 2 rings (SSSR count). The van der Waals surface area contributed by atoms with Crippen molar-refractivity contribution in [1.82, 2.24) is 10.2 Å². The van der Waals surface area contributed by atoms with Crippen LogP contribution in [0.3, 0.4) is 0 Å². The standard InChI is InChI=1S/C17H26N2O2.ClH/c1-13(11-14-6-8-15(21-3)9-7-14)12-19(2)17(20)16-5-4-10-18-16;/h6-9,13,16,18H,4-5,10-12H2,1-3H3;1H. The summed E-state index contributed by atoms with van der Waals surface area (Å²) in [6.45, 7) is 3.95. The number of benzene rings is 1. The fourth-order valence-corrected chi connectivity index (χ4v) is 2.95. The molecule has 0 radical (unpaired) electrons. The molecule has 124 valence electrons. The van der Waals surface area contributed by atoms with Crippen LogP contribution in [0.4, 0.5) is 0 Å². The van der Waals surface area contributed by atoms with Gasteiger partial charge in [0.2, 0.25) is 5.91 Å². The minimum absolute atomic E-state index is 0. The third kappa shape index (κ3) is 5.18. The summed E-state index contributed by atoms with van der Waals surface area (Å²) in [5.74, 6) is 1.55. The van der Waals surface area contributed by atoms with Crippen LogP contribution in [-0.2, 0) is 11.2 Å². The highest BCUT2D eigenvalue weighted by molar-refractivity contribution is 5.85. The Labute approximate surface area is 139 Å². The summed E-state index contributed by atoms with van der Waals surface area (Å²) in [5.41, 5.74) is 1.28. The second-order valence-corrected chi connectivity index (χ2v) is 6.03. The van der Waals surface area contributed by atoms with Gasteiger partial charge in [-0.15, -0.1) is 12.4 Å². The predicted molar refractivity (Wildman–Crippen MR) is 91.8 cm³/mol. The summed E-state index contributed by atoms with van der Waals surface area (Å²) >= 11 is 0. The summed E-state index contributed by atoms with van der Waals surface area (Å²) in [6.07, 6.45) is 3.04. The van der Waals surface area contributed by atoms with E-state index in [1.54, 1.807) is 7.11 Å². The first kappa shape index (κ1) is 18.8. The van der Waals surface area contributed by atoms with E-state index in [1.165, 1.54) is 5.56 Å². The van der Waals surface area contributed by atoms with Gasteiger partial charge in [0, 0.05) is 13.6 Å². The molecule has 1 saturated heterocycles. The predicted octanol–water partition coefficient (Wildman–Crippen LogP) is 2.51. The van der Waals surface area contributed by atoms with Crippen molar-refractivity contribution >= 4 is 18.3 Å². The summed E-state index contributed by atoms with van der Waals surface area (Å²) < 4.78 is 5.17. The zero-order valence-electron chi connectivity index (χ0n) is 13.7. The van der Waals surface area contributed by atoms with Crippen molar-refractivity contribution in [2.24, 2.45) is 5.92 Å². The summed E-state index contributed by atoms with van der Waals surface area (Å²) in [4.78, 5) is 14.1. The molecule has 1 fully saturated rings. The van der Waals surface area contributed by atoms with E-state index in [2.05, 4.69) is 24.4 Å². The molecular formula is C17H27ClN2O2. The van der Waals surface area contributed by atoms with Crippen LogP contribution in [0.2, 0.25) is 0 Å². The average molecular weight is 327 g/mol. The van der Waals surface area contributed by atoms with E-state index in [1.807, 2.05) is 24.1 Å². The largest absolute Gasteiger partial charge is 0.497 e. The van der Waals surface area contributed by atoms with Gasteiger partial charge in [0.05, 0.1) is 13.2 Å². The van der Waals surface area contributed by atoms with Crippen LogP contribution < -0.4 is 10.1 Å². The summed E-state index contributed by atoms with van der Waals surface area (Å²) in [7, 11) is 3.59. The van der Waals surface area contributed by atoms with E-state index in [9.17, 15) is 4.79 Å². The molecule has 1 amide bonds. The number of amides is 1. The maximum absolute atomic E-state index is 12.3. The lowest BCUT2D eigenvalue weighted by Gasteiger charge is -2.24. The van der Waals surface area contributed by atoms with Crippen LogP contribution in [0.1, 0.15) is 25.3 Å². The molecule has 2 atom stereocenters. The average Bonchev–Trinajstić information content (AvgIpc) is 3.01. The molecule has 4 nitrogen and oxygen atoms in total. The number of nitrogens with zero attached hydrogens (tertiary/aromatic N) is 1. The quantitative estimate of drug-likeness (QED) is 0.873. The lowest BCUT2D eigenvalue weighted by molar-refractivity contribution is -0.132. The van der Waals surface area contributed by atoms with Crippen molar-refractivity contribution in [2.45, 2.75) is 32.2 Å². The monoisotopic (exact) mass is 326 g/mol. The Hall–Kier alpha value is -1.26. The SMILES string of the molecule is COc1ccc(CC(C)CN(C)C(=O)C2CCCN2)cc1.Cl. The number of halogens is 1. The summed E-state index contributed by atoms with van der Waals surface area (Å²) in [5, 5.41) is 3.27. The molecular weight excluding hydrogens is 300 g/mol. The molecule has 0 aliphatic carbocycles. The number of carbonyl (C=O) groups excluding carboxylic acids is 1. The third-order valence-electron chi connectivity index (χ3n) is 4.06. The number of hydrogen-bond acceptors (Lipinski definition) is 3. The van der Waals surface area contributed by atoms with Crippen LogP contribution in [0.15, 0.2) is 24.3 Å². The number of ether oxygens (including phenoxy) is 1. The fourth-order valence-electron chi connectivity index (χ4n) is 2.95. The van der Waals surface area contributed by atoms with Gasteiger partial charge in [-0.05, 0) is 49.4 Å². The molecule has 22 heavy (non-hydrogen) atoms. The number of hydrogen-bond donors (Lipinski definition) is 1. The number of likely N-dealkylation sites (N-methyl/N-ethyl adjacent to an activating group) is 1. The molecule has 0 spiro atoms. The molecule has 1 N–H and O–H groups in total.